The summed E-state index contributed by atoms with van der Waals surface area (Å²) in [5, 5.41) is 0. The van der Waals surface area contributed by atoms with Crippen LogP contribution in [0, 0.1) is 0 Å². The third-order valence-electron chi connectivity index (χ3n) is 13.5. The lowest BCUT2D eigenvalue weighted by Gasteiger charge is -2.33. The van der Waals surface area contributed by atoms with E-state index in [9.17, 15) is 0 Å². The lowest BCUT2D eigenvalue weighted by Crippen LogP contribution is -2.26. The molecule has 0 atom stereocenters. The summed E-state index contributed by atoms with van der Waals surface area (Å²) in [5.74, 6) is 0. The summed E-state index contributed by atoms with van der Waals surface area (Å²) in [6, 6.07) is 79.2. The maximum atomic E-state index is 2.58. The van der Waals surface area contributed by atoms with Crippen LogP contribution in [0.3, 0.4) is 0 Å². The first-order valence-electron chi connectivity index (χ1n) is 20.8. The van der Waals surface area contributed by atoms with E-state index in [0.717, 1.165) is 5.69 Å². The number of nitrogens with zero attached hydrogens (tertiary/aromatic N) is 1. The summed E-state index contributed by atoms with van der Waals surface area (Å²) >= 11 is 0. The molecule has 59 heavy (non-hydrogen) atoms. The molecule has 1 spiro atoms. The standard InChI is InChI=1S/C58H41N/c1-57(2)47-26-13-11-24-45(47)56-52(57)36-41(39-20-7-4-8-21-39)37-54(56)59(42-34-32-40(33-35-42)38-18-5-3-6-19-38)53-31-17-30-51-55(53)46-25-12-16-29-50(46)58(51)48-27-14-9-22-43(48)44-23-10-15-28-49(44)58/h3-37H,1-2H3. The third kappa shape index (κ3) is 4.67. The van der Waals surface area contributed by atoms with Crippen LogP contribution in [0.1, 0.15) is 47.2 Å². The second-order valence-corrected chi connectivity index (χ2v) is 16.8. The van der Waals surface area contributed by atoms with Crippen molar-refractivity contribution >= 4 is 17.1 Å². The molecule has 0 unspecified atom stereocenters. The van der Waals surface area contributed by atoms with Crippen molar-refractivity contribution < 1.29 is 0 Å². The molecule has 0 saturated heterocycles. The first-order valence-corrected chi connectivity index (χ1v) is 20.8. The zero-order valence-electron chi connectivity index (χ0n) is 33.2. The van der Waals surface area contributed by atoms with Crippen LogP contribution < -0.4 is 4.90 Å². The van der Waals surface area contributed by atoms with E-state index in [1.165, 1.54) is 100 Å². The molecule has 0 aromatic heterocycles. The van der Waals surface area contributed by atoms with Gasteiger partial charge in [0.25, 0.3) is 0 Å². The van der Waals surface area contributed by atoms with Crippen LogP contribution in [0.5, 0.6) is 0 Å². The minimum absolute atomic E-state index is 0.194. The molecule has 0 bridgehead atoms. The molecule has 0 saturated carbocycles. The van der Waals surface area contributed by atoms with Gasteiger partial charge >= 0.3 is 0 Å². The van der Waals surface area contributed by atoms with Crippen molar-refractivity contribution in [1.82, 2.24) is 0 Å². The summed E-state index contributed by atoms with van der Waals surface area (Å²) in [6.45, 7) is 4.79. The van der Waals surface area contributed by atoms with Crippen molar-refractivity contribution in [3.05, 3.63) is 246 Å². The highest BCUT2D eigenvalue weighted by Gasteiger charge is 2.52. The molecule has 1 heteroatoms. The first-order chi connectivity index (χ1) is 29.0. The van der Waals surface area contributed by atoms with E-state index in [-0.39, 0.29) is 5.41 Å². The van der Waals surface area contributed by atoms with Gasteiger partial charge in [0, 0.05) is 22.2 Å². The van der Waals surface area contributed by atoms with Crippen LogP contribution in [-0.4, -0.2) is 0 Å². The molecule has 9 aromatic rings. The quantitative estimate of drug-likeness (QED) is 0.169. The maximum Gasteiger partial charge on any atom is 0.0726 e. The summed E-state index contributed by atoms with van der Waals surface area (Å²) in [5.41, 5.74) is 23.6. The van der Waals surface area contributed by atoms with Crippen LogP contribution in [0.25, 0.3) is 55.6 Å². The minimum Gasteiger partial charge on any atom is -0.309 e. The first kappa shape index (κ1) is 33.9. The van der Waals surface area contributed by atoms with Gasteiger partial charge < -0.3 is 4.90 Å². The lowest BCUT2D eigenvalue weighted by molar-refractivity contribution is 0.660. The number of anilines is 3. The Kier molecular flexibility index (Phi) is 7.26. The predicted molar refractivity (Wildman–Crippen MR) is 246 cm³/mol. The number of rotatable bonds is 5. The van der Waals surface area contributed by atoms with E-state index < -0.39 is 5.41 Å². The smallest absolute Gasteiger partial charge is 0.0726 e. The van der Waals surface area contributed by atoms with Crippen LogP contribution >= 0.6 is 0 Å². The second kappa shape index (κ2) is 12.6. The summed E-state index contributed by atoms with van der Waals surface area (Å²) in [6.07, 6.45) is 0. The zero-order valence-corrected chi connectivity index (χ0v) is 33.2. The molecule has 3 aliphatic carbocycles. The van der Waals surface area contributed by atoms with Crippen molar-refractivity contribution in [2.75, 3.05) is 4.90 Å². The van der Waals surface area contributed by atoms with Gasteiger partial charge in [-0.3, -0.25) is 0 Å². The Balaban J connectivity index is 1.20. The van der Waals surface area contributed by atoms with Gasteiger partial charge in [0.15, 0.2) is 0 Å². The molecule has 9 aromatic carbocycles. The average Bonchev–Trinajstić information content (AvgIpc) is 3.86. The van der Waals surface area contributed by atoms with Gasteiger partial charge in [0.1, 0.15) is 0 Å². The fourth-order valence-corrected chi connectivity index (χ4v) is 10.9. The average molecular weight is 752 g/mol. The lowest BCUT2D eigenvalue weighted by atomic mass is 9.70. The Morgan fingerprint density at radius 2 is 0.746 bits per heavy atom. The predicted octanol–water partition coefficient (Wildman–Crippen LogP) is 15.1. The number of hydrogen-bond donors (Lipinski definition) is 0. The van der Waals surface area contributed by atoms with E-state index in [4.69, 9.17) is 0 Å². The molecule has 12 rings (SSSR count). The molecular formula is C58H41N. The molecule has 0 fully saturated rings. The van der Waals surface area contributed by atoms with E-state index in [0.29, 0.717) is 0 Å². The normalized spacial score (nSPS) is 14.2. The number of benzene rings is 9. The van der Waals surface area contributed by atoms with Gasteiger partial charge in [-0.2, -0.15) is 0 Å². The van der Waals surface area contributed by atoms with Gasteiger partial charge in [-0.05, 0) is 108 Å². The fraction of sp³-hybridized carbons (Fsp3) is 0.0690. The molecule has 0 aliphatic heterocycles. The van der Waals surface area contributed by atoms with Gasteiger partial charge in [0.2, 0.25) is 0 Å². The molecule has 0 N–H and O–H groups in total. The molecule has 1 nitrogen and oxygen atoms in total. The monoisotopic (exact) mass is 751 g/mol. The van der Waals surface area contributed by atoms with Gasteiger partial charge in [-0.15, -0.1) is 0 Å². The number of fused-ring (bicyclic) bond motifs is 13. The van der Waals surface area contributed by atoms with Crippen LogP contribution in [-0.2, 0) is 10.8 Å². The van der Waals surface area contributed by atoms with Crippen molar-refractivity contribution in [2.45, 2.75) is 24.7 Å². The highest BCUT2D eigenvalue weighted by Crippen LogP contribution is 2.65. The van der Waals surface area contributed by atoms with E-state index in [2.05, 4.69) is 231 Å². The van der Waals surface area contributed by atoms with Crippen LogP contribution in [0.2, 0.25) is 0 Å². The molecular weight excluding hydrogens is 711 g/mol. The van der Waals surface area contributed by atoms with Crippen LogP contribution in [0.4, 0.5) is 17.1 Å². The summed E-state index contributed by atoms with van der Waals surface area (Å²) in [4.78, 5) is 2.58. The Labute approximate surface area is 346 Å². The zero-order chi connectivity index (χ0) is 39.3. The Hall–Kier alpha value is -7.22. The molecule has 0 heterocycles. The molecule has 0 radical (unpaired) electrons. The Morgan fingerprint density at radius 3 is 1.36 bits per heavy atom. The van der Waals surface area contributed by atoms with Crippen molar-refractivity contribution in [2.24, 2.45) is 0 Å². The van der Waals surface area contributed by atoms with Crippen LogP contribution in [0.15, 0.2) is 212 Å². The minimum atomic E-state index is -0.444. The highest BCUT2D eigenvalue weighted by atomic mass is 15.1. The summed E-state index contributed by atoms with van der Waals surface area (Å²) in [7, 11) is 0. The van der Waals surface area contributed by atoms with Crippen molar-refractivity contribution in [3.8, 4) is 55.6 Å². The van der Waals surface area contributed by atoms with E-state index in [1.807, 2.05) is 0 Å². The highest BCUT2D eigenvalue weighted by molar-refractivity contribution is 6.04. The van der Waals surface area contributed by atoms with Crippen molar-refractivity contribution in [3.63, 3.8) is 0 Å². The molecule has 3 aliphatic rings. The summed E-state index contributed by atoms with van der Waals surface area (Å²) < 4.78 is 0. The third-order valence-corrected chi connectivity index (χ3v) is 13.5. The Bertz CT molecular complexity index is 3070. The SMILES string of the molecule is CC1(C)c2ccccc2-c2c(N(c3ccc(-c4ccccc4)cc3)c3cccc4c3-c3ccccc3C43c4ccccc4-c4ccccc43)cc(-c3ccccc3)cc21. The molecule has 0 amide bonds. The van der Waals surface area contributed by atoms with Gasteiger partial charge in [0.05, 0.1) is 16.8 Å². The maximum absolute atomic E-state index is 2.58. The van der Waals surface area contributed by atoms with E-state index in [1.54, 1.807) is 0 Å². The second-order valence-electron chi connectivity index (χ2n) is 16.8. The molecule has 278 valence electrons. The topological polar surface area (TPSA) is 3.24 Å². The van der Waals surface area contributed by atoms with Crippen molar-refractivity contribution in [1.29, 1.82) is 0 Å². The van der Waals surface area contributed by atoms with E-state index >= 15 is 0 Å². The Morgan fingerprint density at radius 1 is 0.305 bits per heavy atom. The largest absolute Gasteiger partial charge is 0.309 e. The number of hydrogen-bond acceptors (Lipinski definition) is 1. The van der Waals surface area contributed by atoms with Gasteiger partial charge in [-0.1, -0.05) is 196 Å². The van der Waals surface area contributed by atoms with Gasteiger partial charge in [-0.25, -0.2) is 0 Å². The fourth-order valence-electron chi connectivity index (χ4n) is 10.9.